The molecule has 0 amide bonds. The number of esters is 1. The number of nitrogens with one attached hydrogen (secondary N) is 1. The van der Waals surface area contributed by atoms with Crippen LogP contribution in [-0.2, 0) is 9.53 Å². The van der Waals surface area contributed by atoms with E-state index in [4.69, 9.17) is 4.74 Å². The summed E-state index contributed by atoms with van der Waals surface area (Å²) in [6, 6.07) is 0.567. The van der Waals surface area contributed by atoms with Crippen molar-refractivity contribution in [2.24, 2.45) is 0 Å². The standard InChI is InChI=1S/C9H17NO3/c1-2-13-9(12)5-8(11)6-10-7-3-4-7/h7-8,10-11H,2-6H2,1H3. The van der Waals surface area contributed by atoms with Crippen molar-refractivity contribution in [2.45, 2.75) is 38.3 Å². The number of ether oxygens (including phenoxy) is 1. The molecule has 2 N–H and O–H groups in total. The van der Waals surface area contributed by atoms with E-state index in [1.54, 1.807) is 6.92 Å². The molecule has 0 saturated heterocycles. The van der Waals surface area contributed by atoms with E-state index < -0.39 is 6.10 Å². The summed E-state index contributed by atoms with van der Waals surface area (Å²) in [5.41, 5.74) is 0. The lowest BCUT2D eigenvalue weighted by Gasteiger charge is -2.10. The zero-order valence-electron chi connectivity index (χ0n) is 7.95. The molecule has 0 aromatic rings. The molecule has 4 heteroatoms. The van der Waals surface area contributed by atoms with Crippen LogP contribution in [0.1, 0.15) is 26.2 Å². The molecule has 1 saturated carbocycles. The van der Waals surface area contributed by atoms with E-state index in [9.17, 15) is 9.90 Å². The SMILES string of the molecule is CCOC(=O)CC(O)CNC1CC1. The van der Waals surface area contributed by atoms with E-state index in [-0.39, 0.29) is 12.4 Å². The highest BCUT2D eigenvalue weighted by Crippen LogP contribution is 2.18. The molecule has 13 heavy (non-hydrogen) atoms. The topological polar surface area (TPSA) is 58.6 Å². The Morgan fingerprint density at radius 1 is 1.69 bits per heavy atom. The van der Waals surface area contributed by atoms with E-state index >= 15 is 0 Å². The van der Waals surface area contributed by atoms with Gasteiger partial charge in [-0.25, -0.2) is 0 Å². The van der Waals surface area contributed by atoms with Crippen molar-refractivity contribution in [3.8, 4) is 0 Å². The Morgan fingerprint density at radius 2 is 2.38 bits per heavy atom. The third-order valence-electron chi connectivity index (χ3n) is 1.93. The summed E-state index contributed by atoms with van der Waals surface area (Å²) < 4.78 is 4.71. The molecule has 0 aliphatic heterocycles. The van der Waals surface area contributed by atoms with Crippen LogP contribution >= 0.6 is 0 Å². The van der Waals surface area contributed by atoms with E-state index in [1.807, 2.05) is 0 Å². The molecule has 0 aromatic carbocycles. The molecule has 1 aliphatic rings. The van der Waals surface area contributed by atoms with Gasteiger partial charge in [-0.2, -0.15) is 0 Å². The number of aliphatic hydroxyl groups is 1. The van der Waals surface area contributed by atoms with Gasteiger partial charge in [0.1, 0.15) is 0 Å². The fourth-order valence-corrected chi connectivity index (χ4v) is 1.07. The molecule has 0 spiro atoms. The summed E-state index contributed by atoms with van der Waals surface area (Å²) in [6.45, 7) is 2.62. The van der Waals surface area contributed by atoms with Gasteiger partial charge in [-0.3, -0.25) is 4.79 Å². The predicted octanol–water partition coefficient (Wildman–Crippen LogP) is 0.0525. The highest BCUT2D eigenvalue weighted by Gasteiger charge is 2.22. The van der Waals surface area contributed by atoms with Crippen molar-refractivity contribution >= 4 is 5.97 Å². The van der Waals surface area contributed by atoms with Crippen molar-refractivity contribution in [1.82, 2.24) is 5.32 Å². The summed E-state index contributed by atoms with van der Waals surface area (Å²) in [7, 11) is 0. The summed E-state index contributed by atoms with van der Waals surface area (Å²) >= 11 is 0. The zero-order valence-corrected chi connectivity index (χ0v) is 7.95. The highest BCUT2D eigenvalue weighted by atomic mass is 16.5. The van der Waals surface area contributed by atoms with Crippen LogP contribution < -0.4 is 5.32 Å². The first-order valence-corrected chi connectivity index (χ1v) is 4.79. The lowest BCUT2D eigenvalue weighted by atomic mass is 10.2. The second kappa shape index (κ2) is 5.19. The molecular formula is C9H17NO3. The Balaban J connectivity index is 2.01. The van der Waals surface area contributed by atoms with Crippen molar-refractivity contribution in [2.75, 3.05) is 13.2 Å². The second-order valence-corrected chi connectivity index (χ2v) is 3.35. The van der Waals surface area contributed by atoms with E-state index in [1.165, 1.54) is 12.8 Å². The number of carbonyl (C=O) groups is 1. The predicted molar refractivity (Wildman–Crippen MR) is 48.3 cm³/mol. The summed E-state index contributed by atoms with van der Waals surface area (Å²) in [5.74, 6) is -0.326. The van der Waals surface area contributed by atoms with Crippen molar-refractivity contribution in [1.29, 1.82) is 0 Å². The van der Waals surface area contributed by atoms with Gasteiger partial charge < -0.3 is 15.2 Å². The number of rotatable bonds is 6. The fourth-order valence-electron chi connectivity index (χ4n) is 1.07. The van der Waals surface area contributed by atoms with Gasteiger partial charge in [0.2, 0.25) is 0 Å². The van der Waals surface area contributed by atoms with Crippen LogP contribution in [-0.4, -0.2) is 36.4 Å². The first kappa shape index (κ1) is 10.5. The molecule has 4 nitrogen and oxygen atoms in total. The maximum Gasteiger partial charge on any atom is 0.308 e. The molecule has 0 heterocycles. The van der Waals surface area contributed by atoms with Gasteiger partial charge in [-0.1, -0.05) is 0 Å². The second-order valence-electron chi connectivity index (χ2n) is 3.35. The van der Waals surface area contributed by atoms with Crippen LogP contribution in [0.4, 0.5) is 0 Å². The minimum atomic E-state index is -0.611. The van der Waals surface area contributed by atoms with Crippen molar-refractivity contribution in [3.05, 3.63) is 0 Å². The third kappa shape index (κ3) is 4.85. The smallest absolute Gasteiger partial charge is 0.308 e. The largest absolute Gasteiger partial charge is 0.466 e. The average Bonchev–Trinajstić information content (AvgIpc) is 2.84. The number of aliphatic hydroxyl groups excluding tert-OH is 1. The minimum absolute atomic E-state index is 0.0908. The average molecular weight is 187 g/mol. The molecule has 76 valence electrons. The Morgan fingerprint density at radius 3 is 2.92 bits per heavy atom. The lowest BCUT2D eigenvalue weighted by Crippen LogP contribution is -2.30. The van der Waals surface area contributed by atoms with Gasteiger partial charge >= 0.3 is 5.97 Å². The highest BCUT2D eigenvalue weighted by molar-refractivity contribution is 5.69. The molecule has 1 aliphatic carbocycles. The Kier molecular flexibility index (Phi) is 4.18. The Hall–Kier alpha value is -0.610. The van der Waals surface area contributed by atoms with Crippen LogP contribution in [0.25, 0.3) is 0 Å². The summed E-state index contributed by atoms with van der Waals surface area (Å²) in [6.07, 6.45) is 1.85. The molecule has 1 atom stereocenters. The molecule has 1 rings (SSSR count). The molecule has 0 aromatic heterocycles. The van der Waals surface area contributed by atoms with E-state index in [0.29, 0.717) is 19.2 Å². The zero-order chi connectivity index (χ0) is 9.68. The van der Waals surface area contributed by atoms with E-state index in [0.717, 1.165) is 0 Å². The van der Waals surface area contributed by atoms with Crippen LogP contribution in [0, 0.1) is 0 Å². The van der Waals surface area contributed by atoms with Crippen LogP contribution in [0.2, 0.25) is 0 Å². The minimum Gasteiger partial charge on any atom is -0.466 e. The van der Waals surface area contributed by atoms with Gasteiger partial charge in [0.15, 0.2) is 0 Å². The maximum absolute atomic E-state index is 10.9. The summed E-state index contributed by atoms with van der Waals surface area (Å²) in [4.78, 5) is 10.9. The van der Waals surface area contributed by atoms with Gasteiger partial charge in [0.05, 0.1) is 19.1 Å². The first-order valence-electron chi connectivity index (χ1n) is 4.79. The Labute approximate surface area is 78.3 Å². The third-order valence-corrected chi connectivity index (χ3v) is 1.93. The first-order chi connectivity index (χ1) is 6.22. The lowest BCUT2D eigenvalue weighted by molar-refractivity contribution is -0.145. The summed E-state index contributed by atoms with van der Waals surface area (Å²) in [5, 5.41) is 12.5. The molecule has 1 unspecified atom stereocenters. The van der Waals surface area contributed by atoms with Crippen LogP contribution in [0.3, 0.4) is 0 Å². The number of hydrogen-bond acceptors (Lipinski definition) is 4. The Bertz CT molecular complexity index is 168. The van der Waals surface area contributed by atoms with Gasteiger partial charge in [-0.15, -0.1) is 0 Å². The fraction of sp³-hybridized carbons (Fsp3) is 0.889. The van der Waals surface area contributed by atoms with Gasteiger partial charge in [-0.05, 0) is 19.8 Å². The number of hydrogen-bond donors (Lipinski definition) is 2. The molecule has 0 radical (unpaired) electrons. The van der Waals surface area contributed by atoms with Crippen LogP contribution in [0.15, 0.2) is 0 Å². The maximum atomic E-state index is 10.9. The van der Waals surface area contributed by atoms with Crippen LogP contribution in [0.5, 0.6) is 0 Å². The molecule has 1 fully saturated rings. The van der Waals surface area contributed by atoms with Crippen molar-refractivity contribution in [3.63, 3.8) is 0 Å². The molecular weight excluding hydrogens is 170 g/mol. The van der Waals surface area contributed by atoms with Gasteiger partial charge in [0, 0.05) is 12.6 Å². The monoisotopic (exact) mass is 187 g/mol. The van der Waals surface area contributed by atoms with E-state index in [2.05, 4.69) is 5.32 Å². The van der Waals surface area contributed by atoms with Gasteiger partial charge in [0.25, 0.3) is 0 Å². The number of carbonyl (C=O) groups excluding carboxylic acids is 1. The normalized spacial score (nSPS) is 18.3. The molecule has 0 bridgehead atoms. The quantitative estimate of drug-likeness (QED) is 0.577. The van der Waals surface area contributed by atoms with Crippen molar-refractivity contribution < 1.29 is 14.6 Å².